The maximum absolute atomic E-state index is 13.2. The molecule has 0 saturated carbocycles. The molecule has 0 saturated heterocycles. The van der Waals surface area contributed by atoms with Gasteiger partial charge in [-0.05, 0) is 12.1 Å². The molecule has 1 aromatic carbocycles. The van der Waals surface area contributed by atoms with Crippen LogP contribution in [0.15, 0.2) is 12.1 Å². The number of nitrogens with zero attached hydrogens (tertiary/aromatic N) is 1. The third-order valence-corrected chi connectivity index (χ3v) is 1.86. The van der Waals surface area contributed by atoms with E-state index in [9.17, 15) is 8.78 Å². The highest BCUT2D eigenvalue weighted by Gasteiger charge is 2.07. The van der Waals surface area contributed by atoms with Crippen molar-refractivity contribution in [2.75, 3.05) is 5.75 Å². The molecule has 76 valence electrons. The van der Waals surface area contributed by atoms with Crippen molar-refractivity contribution in [3.63, 3.8) is 0 Å². The SMILES string of the molecule is N#Cc1cc(F)c(C#CCCS)cc1F. The molecule has 0 aliphatic heterocycles. The number of rotatable bonds is 1. The molecule has 0 amide bonds. The zero-order chi connectivity index (χ0) is 11.3. The van der Waals surface area contributed by atoms with Crippen molar-refractivity contribution in [2.45, 2.75) is 6.42 Å². The summed E-state index contributed by atoms with van der Waals surface area (Å²) in [5.41, 5.74) is -0.347. The minimum atomic E-state index is -0.755. The first kappa shape index (κ1) is 11.6. The van der Waals surface area contributed by atoms with Gasteiger partial charge in [0, 0.05) is 12.2 Å². The standard InChI is InChI=1S/C11H7F2NS/c12-10-6-9(7-14)11(13)5-8(10)3-1-2-4-15/h5-6,15H,2,4H2. The lowest BCUT2D eigenvalue weighted by atomic mass is 10.1. The van der Waals surface area contributed by atoms with Crippen molar-refractivity contribution in [3.05, 3.63) is 34.9 Å². The Hall–Kier alpha value is -1.52. The molecule has 0 unspecified atom stereocenters. The van der Waals surface area contributed by atoms with Gasteiger partial charge in [-0.2, -0.15) is 17.9 Å². The first-order valence-corrected chi connectivity index (χ1v) is 4.81. The summed E-state index contributed by atoms with van der Waals surface area (Å²) in [6.07, 6.45) is 0.504. The van der Waals surface area contributed by atoms with Crippen LogP contribution in [0, 0.1) is 34.8 Å². The van der Waals surface area contributed by atoms with E-state index < -0.39 is 11.6 Å². The number of hydrogen-bond acceptors (Lipinski definition) is 2. The maximum Gasteiger partial charge on any atom is 0.142 e. The summed E-state index contributed by atoms with van der Waals surface area (Å²) in [4.78, 5) is 0. The molecule has 0 spiro atoms. The van der Waals surface area contributed by atoms with Crippen LogP contribution in [-0.4, -0.2) is 5.75 Å². The topological polar surface area (TPSA) is 23.8 Å². The van der Waals surface area contributed by atoms with E-state index in [1.165, 1.54) is 0 Å². The van der Waals surface area contributed by atoms with Crippen LogP contribution >= 0.6 is 12.6 Å². The molecular weight excluding hydrogens is 216 g/mol. The van der Waals surface area contributed by atoms with Crippen LogP contribution in [0.25, 0.3) is 0 Å². The van der Waals surface area contributed by atoms with Crippen LogP contribution in [0.3, 0.4) is 0 Å². The summed E-state index contributed by atoms with van der Waals surface area (Å²) in [5.74, 6) is 4.25. The van der Waals surface area contributed by atoms with E-state index in [1.54, 1.807) is 6.07 Å². The molecule has 0 heterocycles. The molecule has 1 aromatic rings. The third kappa shape index (κ3) is 2.97. The second-order valence-electron chi connectivity index (χ2n) is 2.70. The summed E-state index contributed by atoms with van der Waals surface area (Å²) in [5, 5.41) is 8.45. The molecule has 0 atom stereocenters. The van der Waals surface area contributed by atoms with Gasteiger partial charge < -0.3 is 0 Å². The van der Waals surface area contributed by atoms with Crippen LogP contribution < -0.4 is 0 Å². The van der Waals surface area contributed by atoms with Crippen LogP contribution in [0.4, 0.5) is 8.78 Å². The van der Waals surface area contributed by atoms with Gasteiger partial charge in [-0.15, -0.1) is 0 Å². The fourth-order valence-corrected chi connectivity index (χ4v) is 1.05. The molecule has 0 aliphatic rings. The Kier molecular flexibility index (Phi) is 4.15. The largest absolute Gasteiger partial charge is 0.206 e. The van der Waals surface area contributed by atoms with E-state index >= 15 is 0 Å². The van der Waals surface area contributed by atoms with Gasteiger partial charge in [0.15, 0.2) is 0 Å². The highest BCUT2D eigenvalue weighted by Crippen LogP contribution is 2.13. The number of thiol groups is 1. The first-order valence-electron chi connectivity index (χ1n) is 4.18. The van der Waals surface area contributed by atoms with Gasteiger partial charge >= 0.3 is 0 Å². The lowest BCUT2D eigenvalue weighted by molar-refractivity contribution is 0.594. The fraction of sp³-hybridized carbons (Fsp3) is 0.182. The van der Waals surface area contributed by atoms with Crippen molar-refractivity contribution in [1.29, 1.82) is 5.26 Å². The van der Waals surface area contributed by atoms with E-state index in [0.29, 0.717) is 12.2 Å². The quantitative estimate of drug-likeness (QED) is 0.574. The lowest BCUT2D eigenvalue weighted by Gasteiger charge is -1.96. The Labute approximate surface area is 92.1 Å². The van der Waals surface area contributed by atoms with Crippen LogP contribution in [0.2, 0.25) is 0 Å². The van der Waals surface area contributed by atoms with Crippen molar-refractivity contribution in [3.8, 4) is 17.9 Å². The molecule has 1 nitrogen and oxygen atoms in total. The Morgan fingerprint density at radius 1 is 1.20 bits per heavy atom. The van der Waals surface area contributed by atoms with Gasteiger partial charge in [-0.1, -0.05) is 11.8 Å². The smallest absolute Gasteiger partial charge is 0.142 e. The van der Waals surface area contributed by atoms with E-state index in [4.69, 9.17) is 5.26 Å². The van der Waals surface area contributed by atoms with Gasteiger partial charge in [-0.3, -0.25) is 0 Å². The first-order chi connectivity index (χ1) is 7.19. The van der Waals surface area contributed by atoms with Crippen molar-refractivity contribution >= 4 is 12.6 Å². The zero-order valence-electron chi connectivity index (χ0n) is 7.72. The van der Waals surface area contributed by atoms with E-state index in [-0.39, 0.29) is 11.1 Å². The summed E-state index contributed by atoms with van der Waals surface area (Å²) in [7, 11) is 0. The minimum absolute atomic E-state index is 0.0340. The molecule has 1 rings (SSSR count). The summed E-state index contributed by atoms with van der Waals surface area (Å²) in [6, 6.07) is 3.33. The maximum atomic E-state index is 13.2. The molecule has 0 radical (unpaired) electrons. The van der Waals surface area contributed by atoms with Gasteiger partial charge in [-0.25, -0.2) is 8.78 Å². The molecule has 0 fully saturated rings. The number of nitriles is 1. The third-order valence-electron chi connectivity index (χ3n) is 1.64. The average Bonchev–Trinajstić information content (AvgIpc) is 2.23. The minimum Gasteiger partial charge on any atom is -0.206 e. The molecule has 4 heteroatoms. The van der Waals surface area contributed by atoms with Gasteiger partial charge in [0.1, 0.15) is 17.7 Å². The van der Waals surface area contributed by atoms with Crippen molar-refractivity contribution in [1.82, 2.24) is 0 Å². The number of hydrogen-bond donors (Lipinski definition) is 1. The highest BCUT2D eigenvalue weighted by atomic mass is 32.1. The van der Waals surface area contributed by atoms with E-state index in [1.807, 2.05) is 0 Å². The lowest BCUT2D eigenvalue weighted by Crippen LogP contribution is -1.91. The molecule has 0 bridgehead atoms. The monoisotopic (exact) mass is 223 g/mol. The van der Waals surface area contributed by atoms with Crippen molar-refractivity contribution in [2.24, 2.45) is 0 Å². The van der Waals surface area contributed by atoms with Crippen molar-refractivity contribution < 1.29 is 8.78 Å². The molecule has 15 heavy (non-hydrogen) atoms. The van der Waals surface area contributed by atoms with E-state index in [2.05, 4.69) is 24.5 Å². The molecule has 0 aliphatic carbocycles. The Morgan fingerprint density at radius 3 is 2.40 bits per heavy atom. The number of benzene rings is 1. The predicted octanol–water partition coefficient (Wildman–Crippen LogP) is 2.51. The van der Waals surface area contributed by atoms with E-state index in [0.717, 1.165) is 12.1 Å². The highest BCUT2D eigenvalue weighted by molar-refractivity contribution is 7.80. The molecule has 0 aromatic heterocycles. The Balaban J connectivity index is 3.08. The Bertz CT molecular complexity index is 466. The summed E-state index contributed by atoms with van der Waals surface area (Å²) >= 11 is 3.93. The normalized spacial score (nSPS) is 8.93. The summed E-state index contributed by atoms with van der Waals surface area (Å²) < 4.78 is 26.3. The van der Waals surface area contributed by atoms with Gasteiger partial charge in [0.2, 0.25) is 0 Å². The second-order valence-corrected chi connectivity index (χ2v) is 3.15. The second kappa shape index (κ2) is 5.38. The van der Waals surface area contributed by atoms with Crippen LogP contribution in [0.5, 0.6) is 0 Å². The summed E-state index contributed by atoms with van der Waals surface area (Å²) in [6.45, 7) is 0. The van der Waals surface area contributed by atoms with Crippen LogP contribution in [0.1, 0.15) is 17.5 Å². The van der Waals surface area contributed by atoms with Crippen LogP contribution in [-0.2, 0) is 0 Å². The molecular formula is C11H7F2NS. The Morgan fingerprint density at radius 2 is 1.80 bits per heavy atom. The van der Waals surface area contributed by atoms with Gasteiger partial charge in [0.25, 0.3) is 0 Å². The number of halogens is 2. The average molecular weight is 223 g/mol. The molecule has 0 N–H and O–H groups in total. The van der Waals surface area contributed by atoms with Gasteiger partial charge in [0.05, 0.1) is 11.1 Å². The predicted molar refractivity (Wildman–Crippen MR) is 56.4 cm³/mol. The zero-order valence-corrected chi connectivity index (χ0v) is 8.61. The fourth-order valence-electron chi connectivity index (χ4n) is 0.942.